The Morgan fingerprint density at radius 3 is 2.38 bits per heavy atom. The number of aliphatic hydroxyl groups excluding tert-OH is 1. The first-order valence-electron chi connectivity index (χ1n) is 6.88. The van der Waals surface area contributed by atoms with Gasteiger partial charge >= 0.3 is 0 Å². The van der Waals surface area contributed by atoms with Gasteiger partial charge < -0.3 is 5.11 Å². The maximum atomic E-state index is 13.7. The lowest BCUT2D eigenvalue weighted by molar-refractivity contribution is 0.263. The van der Waals surface area contributed by atoms with Crippen LogP contribution in [0.4, 0.5) is 4.39 Å². The maximum Gasteiger partial charge on any atom is 0.240 e. The van der Waals surface area contributed by atoms with Crippen molar-refractivity contribution in [1.29, 1.82) is 0 Å². The van der Waals surface area contributed by atoms with Crippen LogP contribution < -0.4 is 4.72 Å². The monoisotopic (exact) mass is 317 g/mol. The predicted octanol–water partition coefficient (Wildman–Crippen LogP) is 2.59. The van der Waals surface area contributed by atoms with Crippen molar-refractivity contribution in [3.05, 3.63) is 29.1 Å². The molecule has 1 unspecified atom stereocenters. The van der Waals surface area contributed by atoms with Gasteiger partial charge in [0.2, 0.25) is 10.0 Å². The van der Waals surface area contributed by atoms with E-state index in [-0.39, 0.29) is 33.9 Å². The smallest absolute Gasteiger partial charge is 0.240 e. The minimum atomic E-state index is -3.80. The number of nitrogens with one attached hydrogen (secondary N) is 1. The third kappa shape index (κ3) is 4.49. The molecule has 21 heavy (non-hydrogen) atoms. The van der Waals surface area contributed by atoms with Crippen molar-refractivity contribution in [3.8, 4) is 0 Å². The van der Waals surface area contributed by atoms with Crippen molar-refractivity contribution in [1.82, 2.24) is 4.72 Å². The average Bonchev–Trinajstić information content (AvgIpc) is 2.37. The molecule has 0 bridgehead atoms. The minimum Gasteiger partial charge on any atom is -0.392 e. The van der Waals surface area contributed by atoms with E-state index in [9.17, 15) is 12.8 Å². The van der Waals surface area contributed by atoms with E-state index in [0.29, 0.717) is 0 Å². The van der Waals surface area contributed by atoms with Gasteiger partial charge in [-0.15, -0.1) is 0 Å². The van der Waals surface area contributed by atoms with Crippen LogP contribution in [-0.4, -0.2) is 20.1 Å². The molecule has 0 amide bonds. The van der Waals surface area contributed by atoms with Crippen molar-refractivity contribution in [2.45, 2.75) is 46.1 Å². The summed E-state index contributed by atoms with van der Waals surface area (Å²) in [6.07, 6.45) is 0. The zero-order valence-electron chi connectivity index (χ0n) is 13.2. The van der Waals surface area contributed by atoms with Crippen LogP contribution in [0.1, 0.15) is 38.8 Å². The normalized spacial score (nSPS) is 14.2. The quantitative estimate of drug-likeness (QED) is 0.877. The van der Waals surface area contributed by atoms with Crippen molar-refractivity contribution in [3.63, 3.8) is 0 Å². The summed E-state index contributed by atoms with van der Waals surface area (Å²) in [5.74, 6) is -0.510. The standard InChI is InChI=1S/C15H24FNO3S/c1-10(15(3,4)5)8-17-21(19,20)14-7-12(9-18)6-13(16)11(14)2/h6-7,10,17-18H,8-9H2,1-5H3. The summed E-state index contributed by atoms with van der Waals surface area (Å²) in [6.45, 7) is 9.34. The largest absolute Gasteiger partial charge is 0.392 e. The summed E-state index contributed by atoms with van der Waals surface area (Å²) >= 11 is 0. The molecule has 4 nitrogen and oxygen atoms in total. The predicted molar refractivity (Wildman–Crippen MR) is 80.9 cm³/mol. The van der Waals surface area contributed by atoms with E-state index in [2.05, 4.69) is 4.72 Å². The number of halogens is 1. The summed E-state index contributed by atoms with van der Waals surface area (Å²) in [7, 11) is -3.80. The number of benzene rings is 1. The summed E-state index contributed by atoms with van der Waals surface area (Å²) in [4.78, 5) is -0.118. The van der Waals surface area contributed by atoms with E-state index in [1.807, 2.05) is 27.7 Å². The summed E-state index contributed by atoms with van der Waals surface area (Å²) < 4.78 is 41.0. The van der Waals surface area contributed by atoms with E-state index in [1.54, 1.807) is 0 Å². The Hall–Kier alpha value is -0.980. The Labute approximate surface area is 126 Å². The average molecular weight is 317 g/mol. The molecule has 0 aliphatic carbocycles. The Kier molecular flexibility index (Phi) is 5.52. The van der Waals surface area contributed by atoms with Crippen LogP contribution in [0.3, 0.4) is 0 Å². The molecule has 0 saturated carbocycles. The third-order valence-corrected chi connectivity index (χ3v) is 5.44. The Morgan fingerprint density at radius 2 is 1.90 bits per heavy atom. The molecule has 0 aliphatic heterocycles. The van der Waals surface area contributed by atoms with Gasteiger partial charge in [0.15, 0.2) is 0 Å². The fourth-order valence-electron chi connectivity index (χ4n) is 1.70. The van der Waals surface area contributed by atoms with E-state index in [1.165, 1.54) is 13.0 Å². The molecule has 6 heteroatoms. The highest BCUT2D eigenvalue weighted by Crippen LogP contribution is 2.26. The third-order valence-electron chi connectivity index (χ3n) is 3.89. The van der Waals surface area contributed by atoms with Crippen LogP contribution in [0.2, 0.25) is 0 Å². The van der Waals surface area contributed by atoms with E-state index < -0.39 is 22.4 Å². The molecule has 2 N–H and O–H groups in total. The fraction of sp³-hybridized carbons (Fsp3) is 0.600. The minimum absolute atomic E-state index is 0.0320. The summed E-state index contributed by atoms with van der Waals surface area (Å²) in [6, 6.07) is 2.45. The van der Waals surface area contributed by atoms with Crippen molar-refractivity contribution in [2.75, 3.05) is 6.54 Å². The number of hydrogen-bond donors (Lipinski definition) is 2. The molecule has 1 aromatic carbocycles. The second-order valence-electron chi connectivity index (χ2n) is 6.48. The van der Waals surface area contributed by atoms with Gasteiger partial charge in [-0.3, -0.25) is 0 Å². The first-order valence-corrected chi connectivity index (χ1v) is 8.37. The highest BCUT2D eigenvalue weighted by molar-refractivity contribution is 7.89. The van der Waals surface area contributed by atoms with Crippen molar-refractivity contribution >= 4 is 10.0 Å². The first-order chi connectivity index (χ1) is 9.49. The zero-order valence-corrected chi connectivity index (χ0v) is 14.0. The topological polar surface area (TPSA) is 66.4 Å². The number of rotatable bonds is 5. The second kappa shape index (κ2) is 6.42. The molecule has 0 fully saturated rings. The molecule has 120 valence electrons. The van der Waals surface area contributed by atoms with Gasteiger partial charge in [0.05, 0.1) is 11.5 Å². The van der Waals surface area contributed by atoms with Gasteiger partial charge in [0.1, 0.15) is 5.82 Å². The van der Waals surface area contributed by atoms with Crippen LogP contribution in [0, 0.1) is 24.1 Å². The molecule has 0 saturated heterocycles. The highest BCUT2D eigenvalue weighted by atomic mass is 32.2. The Bertz CT molecular complexity index is 606. The van der Waals surface area contributed by atoms with Crippen LogP contribution in [-0.2, 0) is 16.6 Å². The fourth-order valence-corrected chi connectivity index (χ4v) is 3.13. The maximum absolute atomic E-state index is 13.7. The molecule has 1 aromatic rings. The summed E-state index contributed by atoms with van der Waals surface area (Å²) in [5, 5.41) is 9.09. The van der Waals surface area contributed by atoms with Crippen LogP contribution in [0.5, 0.6) is 0 Å². The van der Waals surface area contributed by atoms with Crippen LogP contribution >= 0.6 is 0 Å². The van der Waals surface area contributed by atoms with Gasteiger partial charge in [0.25, 0.3) is 0 Å². The molecule has 0 spiro atoms. The van der Waals surface area contributed by atoms with Gasteiger partial charge in [-0.1, -0.05) is 27.7 Å². The zero-order chi connectivity index (χ0) is 16.4. The van der Waals surface area contributed by atoms with Gasteiger partial charge in [-0.25, -0.2) is 17.5 Å². The molecule has 0 radical (unpaired) electrons. The number of aliphatic hydroxyl groups is 1. The van der Waals surface area contributed by atoms with Crippen LogP contribution in [0.25, 0.3) is 0 Å². The van der Waals surface area contributed by atoms with Crippen LogP contribution in [0.15, 0.2) is 17.0 Å². The van der Waals surface area contributed by atoms with Crippen molar-refractivity contribution < 1.29 is 17.9 Å². The second-order valence-corrected chi connectivity index (χ2v) is 8.21. The highest BCUT2D eigenvalue weighted by Gasteiger charge is 2.24. The Morgan fingerprint density at radius 1 is 1.33 bits per heavy atom. The van der Waals surface area contributed by atoms with Gasteiger partial charge in [-0.2, -0.15) is 0 Å². The lowest BCUT2D eigenvalue weighted by atomic mass is 9.82. The van der Waals surface area contributed by atoms with E-state index in [4.69, 9.17) is 5.11 Å². The summed E-state index contributed by atoms with van der Waals surface area (Å²) in [5.41, 5.74) is 0.265. The van der Waals surface area contributed by atoms with E-state index >= 15 is 0 Å². The number of sulfonamides is 1. The lowest BCUT2D eigenvalue weighted by Gasteiger charge is -2.27. The Balaban J connectivity index is 3.06. The molecular weight excluding hydrogens is 293 g/mol. The molecular formula is C15H24FNO3S. The molecule has 1 atom stereocenters. The first kappa shape index (κ1) is 18.1. The van der Waals surface area contributed by atoms with Crippen molar-refractivity contribution in [2.24, 2.45) is 11.3 Å². The molecule has 1 rings (SSSR count). The molecule has 0 aliphatic rings. The SMILES string of the molecule is Cc1c(F)cc(CO)cc1S(=O)(=O)NCC(C)C(C)(C)C. The molecule has 0 heterocycles. The van der Waals surface area contributed by atoms with Gasteiger partial charge in [0, 0.05) is 12.1 Å². The van der Waals surface area contributed by atoms with Gasteiger partial charge in [-0.05, 0) is 36.0 Å². The molecule has 0 aromatic heterocycles. The van der Waals surface area contributed by atoms with E-state index in [0.717, 1.165) is 6.07 Å². The lowest BCUT2D eigenvalue weighted by Crippen LogP contribution is -2.34. The number of hydrogen-bond acceptors (Lipinski definition) is 3.